The zero-order chi connectivity index (χ0) is 24.9. The van der Waals surface area contributed by atoms with Crippen LogP contribution in [0.1, 0.15) is 39.8 Å². The maximum Gasteiger partial charge on any atom is 0.412 e. The molecule has 1 saturated heterocycles. The van der Waals surface area contributed by atoms with E-state index >= 15 is 0 Å². The number of amides is 2. The molecule has 0 spiro atoms. The highest BCUT2D eigenvalue weighted by molar-refractivity contribution is 7.32. The fourth-order valence-corrected chi connectivity index (χ4v) is 3.50. The Hall–Kier alpha value is -2.80. The molecular formula is C19H29N6O8P. The second-order valence-corrected chi connectivity index (χ2v) is 9.40. The molecule has 2 amide bonds. The molecule has 15 heteroatoms. The maximum atomic E-state index is 12.2. The summed E-state index contributed by atoms with van der Waals surface area (Å²) in [7, 11) is -1.47. The molecule has 0 aromatic carbocycles. The minimum atomic E-state index is -3.01. The van der Waals surface area contributed by atoms with Crippen molar-refractivity contribution in [3.8, 4) is 0 Å². The van der Waals surface area contributed by atoms with Crippen LogP contribution in [-0.2, 0) is 23.3 Å². The summed E-state index contributed by atoms with van der Waals surface area (Å²) < 4.78 is 33.4. The van der Waals surface area contributed by atoms with Crippen LogP contribution in [0, 0.1) is 0 Å². The van der Waals surface area contributed by atoms with Gasteiger partial charge in [-0.1, -0.05) is 0 Å². The summed E-state index contributed by atoms with van der Waals surface area (Å²) in [6.45, 7) is 5.40. The fourth-order valence-electron chi connectivity index (χ4n) is 3.17. The fraction of sp³-hybridized carbons (Fsp3) is 0.632. The third-order valence-electron chi connectivity index (χ3n) is 4.73. The molecule has 3 heterocycles. The molecule has 1 aliphatic rings. The quantitative estimate of drug-likeness (QED) is 0.510. The topological polar surface area (TPSA) is 167 Å². The average molecular weight is 500 g/mol. The van der Waals surface area contributed by atoms with Gasteiger partial charge in [-0.15, -0.1) is 0 Å². The van der Waals surface area contributed by atoms with E-state index in [-0.39, 0.29) is 31.7 Å². The molecule has 188 valence electrons. The summed E-state index contributed by atoms with van der Waals surface area (Å²) in [6, 6.07) is 0. The highest BCUT2D eigenvalue weighted by Crippen LogP contribution is 2.32. The number of anilines is 1. The molecule has 0 aliphatic carbocycles. The van der Waals surface area contributed by atoms with Gasteiger partial charge >= 0.3 is 20.4 Å². The zero-order valence-corrected chi connectivity index (χ0v) is 20.4. The van der Waals surface area contributed by atoms with Gasteiger partial charge in [-0.2, -0.15) is 0 Å². The molecule has 0 radical (unpaired) electrons. The van der Waals surface area contributed by atoms with Gasteiger partial charge in [0.05, 0.1) is 25.6 Å². The molecule has 1 aliphatic heterocycles. The first-order valence-electron chi connectivity index (χ1n) is 10.6. The standard InChI is InChI=1S/C19H29N6O8P/c1-19(2,3)33-18(27)24(4)7-8-30-17(26)23-15-14-16(21-10-20-15)25(11-22-14)13-6-5-12(32-13)9-31-34(28)29/h10-13,34H,5-9H2,1-4H3,(H,28,29)(H,20,21,23,26)/t12-,13+/m0/s1. The molecule has 3 atom stereocenters. The second kappa shape index (κ2) is 11.1. The van der Waals surface area contributed by atoms with Gasteiger partial charge in [0.15, 0.2) is 17.0 Å². The molecule has 1 unspecified atom stereocenters. The Morgan fingerprint density at radius 2 is 2.09 bits per heavy atom. The summed E-state index contributed by atoms with van der Waals surface area (Å²) in [5.74, 6) is 0.158. The van der Waals surface area contributed by atoms with Crippen molar-refractivity contribution in [2.75, 3.05) is 32.1 Å². The van der Waals surface area contributed by atoms with E-state index in [0.29, 0.717) is 24.0 Å². The number of carbonyl (C=O) groups excluding carboxylic acids is 2. The number of hydrogen-bond donors (Lipinski definition) is 2. The van der Waals surface area contributed by atoms with Crippen molar-refractivity contribution in [1.82, 2.24) is 24.4 Å². The Kier molecular flexibility index (Phi) is 8.42. The summed E-state index contributed by atoms with van der Waals surface area (Å²) in [6.07, 6.45) is 2.07. The first-order valence-corrected chi connectivity index (χ1v) is 11.9. The third-order valence-corrected chi connectivity index (χ3v) is 5.15. The van der Waals surface area contributed by atoms with Crippen LogP contribution in [0.5, 0.6) is 0 Å². The monoisotopic (exact) mass is 500 g/mol. The van der Waals surface area contributed by atoms with E-state index < -0.39 is 32.3 Å². The Morgan fingerprint density at radius 3 is 2.79 bits per heavy atom. The number of hydrogen-bond acceptors (Lipinski definition) is 10. The van der Waals surface area contributed by atoms with Crippen molar-refractivity contribution in [1.29, 1.82) is 0 Å². The predicted molar refractivity (Wildman–Crippen MR) is 119 cm³/mol. The number of fused-ring (bicyclic) bond motifs is 1. The number of ether oxygens (including phenoxy) is 3. The lowest BCUT2D eigenvalue weighted by atomic mass is 10.2. The molecule has 3 rings (SSSR count). The molecule has 2 N–H and O–H groups in total. The van der Waals surface area contributed by atoms with Crippen LogP contribution >= 0.6 is 8.25 Å². The summed E-state index contributed by atoms with van der Waals surface area (Å²) >= 11 is 0. The largest absolute Gasteiger partial charge is 0.447 e. The highest BCUT2D eigenvalue weighted by atomic mass is 31.1. The van der Waals surface area contributed by atoms with Crippen LogP contribution in [0.2, 0.25) is 0 Å². The van der Waals surface area contributed by atoms with Crippen molar-refractivity contribution in [2.45, 2.75) is 51.5 Å². The second-order valence-electron chi connectivity index (χ2n) is 8.58. The lowest BCUT2D eigenvalue weighted by Gasteiger charge is -2.24. The van der Waals surface area contributed by atoms with Gasteiger partial charge in [0.1, 0.15) is 24.8 Å². The van der Waals surface area contributed by atoms with Crippen LogP contribution in [0.4, 0.5) is 15.4 Å². The number of carbonyl (C=O) groups is 2. The van der Waals surface area contributed by atoms with Crippen molar-refractivity contribution in [3.63, 3.8) is 0 Å². The predicted octanol–water partition coefficient (Wildman–Crippen LogP) is 2.32. The van der Waals surface area contributed by atoms with Gasteiger partial charge < -0.3 is 28.5 Å². The van der Waals surface area contributed by atoms with Gasteiger partial charge in [-0.25, -0.2) is 24.5 Å². The van der Waals surface area contributed by atoms with Crippen LogP contribution in [0.15, 0.2) is 12.7 Å². The zero-order valence-electron chi connectivity index (χ0n) is 19.4. The average Bonchev–Trinajstić information content (AvgIpc) is 3.38. The molecule has 0 saturated carbocycles. The Bertz CT molecular complexity index is 1040. The number of imidazole rings is 1. The molecule has 14 nitrogen and oxygen atoms in total. The van der Waals surface area contributed by atoms with Crippen molar-refractivity contribution < 1.29 is 37.8 Å². The van der Waals surface area contributed by atoms with Crippen molar-refractivity contribution in [3.05, 3.63) is 12.7 Å². The number of rotatable bonds is 8. The SMILES string of the molecule is CN(CCOC(=O)Nc1ncnc2c1ncn2[C@H]1CC[C@@H](CO[PH](=O)O)O1)C(=O)OC(C)(C)C. The minimum Gasteiger partial charge on any atom is -0.447 e. The number of likely N-dealkylation sites (N-methyl/N-ethyl adjacent to an activating group) is 1. The Morgan fingerprint density at radius 1 is 1.32 bits per heavy atom. The van der Waals surface area contributed by atoms with E-state index in [1.807, 2.05) is 0 Å². The number of nitrogens with zero attached hydrogens (tertiary/aromatic N) is 5. The highest BCUT2D eigenvalue weighted by Gasteiger charge is 2.29. The minimum absolute atomic E-state index is 0.0220. The van der Waals surface area contributed by atoms with E-state index in [9.17, 15) is 14.2 Å². The number of nitrogens with one attached hydrogen (secondary N) is 1. The number of aromatic nitrogens is 4. The normalized spacial score (nSPS) is 19.1. The first kappa shape index (κ1) is 25.8. The smallest absolute Gasteiger partial charge is 0.412 e. The van der Waals surface area contributed by atoms with Crippen molar-refractivity contribution >= 4 is 37.4 Å². The van der Waals surface area contributed by atoms with Gasteiger partial charge in [0.2, 0.25) is 0 Å². The van der Waals surface area contributed by atoms with E-state index in [1.165, 1.54) is 17.6 Å². The van der Waals surface area contributed by atoms with Gasteiger partial charge in [0.25, 0.3) is 0 Å². The van der Waals surface area contributed by atoms with Crippen LogP contribution in [-0.4, -0.2) is 80.0 Å². The van der Waals surface area contributed by atoms with E-state index in [2.05, 4.69) is 20.3 Å². The van der Waals surface area contributed by atoms with Crippen LogP contribution in [0.3, 0.4) is 0 Å². The van der Waals surface area contributed by atoms with Crippen LogP contribution < -0.4 is 5.32 Å². The molecule has 2 aromatic rings. The lowest BCUT2D eigenvalue weighted by molar-refractivity contribution is -0.0162. The Labute approximate surface area is 196 Å². The van der Waals surface area contributed by atoms with Gasteiger partial charge in [-0.3, -0.25) is 14.4 Å². The summed E-state index contributed by atoms with van der Waals surface area (Å²) in [4.78, 5) is 46.9. The van der Waals surface area contributed by atoms with Crippen molar-refractivity contribution in [2.24, 2.45) is 0 Å². The summed E-state index contributed by atoms with van der Waals surface area (Å²) in [5.41, 5.74) is 0.163. The molecule has 0 bridgehead atoms. The van der Waals surface area contributed by atoms with E-state index in [0.717, 1.165) is 0 Å². The maximum absolute atomic E-state index is 12.2. The van der Waals surface area contributed by atoms with Gasteiger partial charge in [0, 0.05) is 7.05 Å². The molecular weight excluding hydrogens is 471 g/mol. The molecule has 1 fully saturated rings. The molecule has 34 heavy (non-hydrogen) atoms. The lowest BCUT2D eigenvalue weighted by Crippen LogP contribution is -2.36. The van der Waals surface area contributed by atoms with E-state index in [1.54, 1.807) is 32.4 Å². The summed E-state index contributed by atoms with van der Waals surface area (Å²) in [5, 5.41) is 2.53. The first-order chi connectivity index (χ1) is 16.0. The Balaban J connectivity index is 1.55. The van der Waals surface area contributed by atoms with Crippen LogP contribution in [0.25, 0.3) is 11.2 Å². The molecule has 2 aromatic heterocycles. The van der Waals surface area contributed by atoms with E-state index in [4.69, 9.17) is 23.6 Å². The third kappa shape index (κ3) is 7.10. The van der Waals surface area contributed by atoms with Gasteiger partial charge in [-0.05, 0) is 33.6 Å².